The van der Waals surface area contributed by atoms with Crippen molar-refractivity contribution < 1.29 is 9.53 Å². The molecule has 4 nitrogen and oxygen atoms in total. The van der Waals surface area contributed by atoms with Crippen molar-refractivity contribution in [2.24, 2.45) is 5.41 Å². The Balaban J connectivity index is 0.00000180. The van der Waals surface area contributed by atoms with Crippen molar-refractivity contribution >= 4 is 30.1 Å². The molecule has 112 valence electrons. The maximum absolute atomic E-state index is 12.3. The zero-order valence-electron chi connectivity index (χ0n) is 12.1. The summed E-state index contributed by atoms with van der Waals surface area (Å²) in [5, 5.41) is 3.24. The van der Waals surface area contributed by atoms with Crippen molar-refractivity contribution in [1.29, 1.82) is 0 Å². The molecule has 2 rings (SSSR count). The first kappa shape index (κ1) is 17.1. The molecule has 2 unspecified atom stereocenters. The van der Waals surface area contributed by atoms with Crippen LogP contribution in [-0.2, 0) is 9.53 Å². The normalized spacial score (nSPS) is 32.3. The van der Waals surface area contributed by atoms with E-state index in [0.29, 0.717) is 6.04 Å². The molecular weight excluding hydrogens is 284 g/mol. The van der Waals surface area contributed by atoms with E-state index in [4.69, 9.17) is 4.74 Å². The minimum atomic E-state index is 0. The molecular formula is C13H25ClN2O2S. The Kier molecular flexibility index (Phi) is 5.98. The molecule has 1 heterocycles. The summed E-state index contributed by atoms with van der Waals surface area (Å²) in [6, 6.07) is 0.302. The molecule has 1 amide bonds. The summed E-state index contributed by atoms with van der Waals surface area (Å²) in [5.74, 6) is 2.01. The predicted octanol–water partition coefficient (Wildman–Crippen LogP) is 1.73. The molecule has 0 radical (unpaired) electrons. The second kappa shape index (κ2) is 6.66. The number of halogens is 1. The summed E-state index contributed by atoms with van der Waals surface area (Å²) >= 11 is 1.79. The quantitative estimate of drug-likeness (QED) is 0.859. The number of nitrogens with one attached hydrogen (secondary N) is 1. The van der Waals surface area contributed by atoms with Gasteiger partial charge in [0.15, 0.2) is 0 Å². The number of carbonyl (C=O) groups is 1. The van der Waals surface area contributed by atoms with E-state index < -0.39 is 0 Å². The maximum atomic E-state index is 12.3. The van der Waals surface area contributed by atoms with E-state index in [1.165, 1.54) is 0 Å². The average molecular weight is 309 g/mol. The smallest absolute Gasteiger partial charge is 0.240 e. The number of thioether (sulfide) groups is 1. The zero-order chi connectivity index (χ0) is 13.3. The molecule has 1 saturated carbocycles. The van der Waals surface area contributed by atoms with Gasteiger partial charge in [0.2, 0.25) is 5.91 Å². The highest BCUT2D eigenvalue weighted by Gasteiger charge is 2.52. The first-order chi connectivity index (χ1) is 8.48. The lowest BCUT2D eigenvalue weighted by molar-refractivity contribution is -0.164. The number of rotatable bonds is 4. The number of ether oxygens (including phenoxy) is 1. The molecule has 2 fully saturated rings. The van der Waals surface area contributed by atoms with Gasteiger partial charge >= 0.3 is 0 Å². The van der Waals surface area contributed by atoms with Crippen LogP contribution in [0.3, 0.4) is 0 Å². The molecule has 1 saturated heterocycles. The zero-order valence-corrected chi connectivity index (χ0v) is 13.8. The lowest BCUT2D eigenvalue weighted by atomic mass is 9.63. The van der Waals surface area contributed by atoms with Gasteiger partial charge in [0.05, 0.1) is 12.1 Å². The predicted molar refractivity (Wildman–Crippen MR) is 81.9 cm³/mol. The molecule has 0 aromatic rings. The monoisotopic (exact) mass is 308 g/mol. The average Bonchev–Trinajstić information content (AvgIpc) is 2.86. The molecule has 2 aliphatic rings. The van der Waals surface area contributed by atoms with Gasteiger partial charge in [-0.05, 0) is 13.3 Å². The summed E-state index contributed by atoms with van der Waals surface area (Å²) < 4.78 is 5.72. The van der Waals surface area contributed by atoms with Crippen LogP contribution < -0.4 is 5.32 Å². The minimum Gasteiger partial charge on any atom is -0.378 e. The van der Waals surface area contributed by atoms with Crippen molar-refractivity contribution in [2.45, 2.75) is 45.4 Å². The molecule has 0 aromatic heterocycles. The van der Waals surface area contributed by atoms with E-state index in [9.17, 15) is 4.79 Å². The highest BCUT2D eigenvalue weighted by Crippen LogP contribution is 2.45. The molecule has 0 spiro atoms. The van der Waals surface area contributed by atoms with E-state index in [2.05, 4.69) is 19.2 Å². The van der Waals surface area contributed by atoms with Crippen LogP contribution >= 0.6 is 24.2 Å². The number of nitrogens with zero attached hydrogens (tertiary/aromatic N) is 1. The van der Waals surface area contributed by atoms with Gasteiger partial charge in [0.1, 0.15) is 0 Å². The van der Waals surface area contributed by atoms with Crippen LogP contribution in [0.2, 0.25) is 0 Å². The van der Waals surface area contributed by atoms with Crippen LogP contribution in [0.1, 0.15) is 27.2 Å². The van der Waals surface area contributed by atoms with Crippen molar-refractivity contribution in [3.63, 3.8) is 0 Å². The fraction of sp³-hybridized carbons (Fsp3) is 0.923. The SMILES string of the molecule is CCOC1CC(N(C)C(=O)[C@H]2CSCN2)C1(C)C.Cl. The van der Waals surface area contributed by atoms with E-state index in [1.807, 2.05) is 18.9 Å². The van der Waals surface area contributed by atoms with Crippen LogP contribution in [0.25, 0.3) is 0 Å². The van der Waals surface area contributed by atoms with Crippen LogP contribution in [0.15, 0.2) is 0 Å². The number of carbonyl (C=O) groups excluding carboxylic acids is 1. The standard InChI is InChI=1S/C13H24N2O2S.ClH/c1-5-17-11-6-10(13(11,2)3)15(4)12(16)9-7-18-8-14-9;/h9-11,14H,5-8H2,1-4H3;1H/t9-,10?,11?;/m1./s1. The van der Waals surface area contributed by atoms with Crippen molar-refractivity contribution in [3.05, 3.63) is 0 Å². The number of amides is 1. The first-order valence-electron chi connectivity index (χ1n) is 6.67. The highest BCUT2D eigenvalue weighted by atomic mass is 35.5. The Hall–Kier alpha value is 0.0300. The van der Waals surface area contributed by atoms with Crippen LogP contribution in [0.4, 0.5) is 0 Å². The topological polar surface area (TPSA) is 41.6 Å². The fourth-order valence-electron chi connectivity index (χ4n) is 2.96. The summed E-state index contributed by atoms with van der Waals surface area (Å²) in [4.78, 5) is 14.3. The van der Waals surface area contributed by atoms with E-state index in [0.717, 1.165) is 24.7 Å². The van der Waals surface area contributed by atoms with Gasteiger partial charge in [-0.2, -0.15) is 0 Å². The lowest BCUT2D eigenvalue weighted by Gasteiger charge is -2.55. The van der Waals surface area contributed by atoms with E-state index in [-0.39, 0.29) is 35.9 Å². The third-order valence-electron chi connectivity index (χ3n) is 4.32. The van der Waals surface area contributed by atoms with Crippen LogP contribution in [0, 0.1) is 5.41 Å². The summed E-state index contributed by atoms with van der Waals surface area (Å²) in [7, 11) is 1.93. The largest absolute Gasteiger partial charge is 0.378 e. The number of likely N-dealkylation sites (N-methyl/N-ethyl adjacent to an activating group) is 1. The van der Waals surface area contributed by atoms with Gasteiger partial charge in [0.25, 0.3) is 0 Å². The Morgan fingerprint density at radius 3 is 2.68 bits per heavy atom. The van der Waals surface area contributed by atoms with Gasteiger partial charge in [-0.15, -0.1) is 24.2 Å². The molecule has 1 N–H and O–H groups in total. The van der Waals surface area contributed by atoms with Gasteiger partial charge in [-0.25, -0.2) is 0 Å². The fourth-order valence-corrected chi connectivity index (χ4v) is 3.89. The van der Waals surface area contributed by atoms with E-state index >= 15 is 0 Å². The molecule has 1 aliphatic heterocycles. The summed E-state index contributed by atoms with van der Waals surface area (Å²) in [5.41, 5.74) is 0.0617. The first-order valence-corrected chi connectivity index (χ1v) is 7.83. The third-order valence-corrected chi connectivity index (χ3v) is 5.26. The van der Waals surface area contributed by atoms with Crippen molar-refractivity contribution in [3.8, 4) is 0 Å². The summed E-state index contributed by atoms with van der Waals surface area (Å²) in [6.07, 6.45) is 1.25. The Labute approximate surface area is 126 Å². The van der Waals surface area contributed by atoms with Crippen LogP contribution in [0.5, 0.6) is 0 Å². The molecule has 1 aliphatic carbocycles. The number of hydrogen-bond acceptors (Lipinski definition) is 4. The second-order valence-corrected chi connectivity index (χ2v) is 6.77. The van der Waals surface area contributed by atoms with Crippen molar-refractivity contribution in [1.82, 2.24) is 10.2 Å². The van der Waals surface area contributed by atoms with Gasteiger partial charge in [0, 0.05) is 36.7 Å². The summed E-state index contributed by atoms with van der Waals surface area (Å²) in [6.45, 7) is 7.17. The lowest BCUT2D eigenvalue weighted by Crippen LogP contribution is -2.64. The molecule has 19 heavy (non-hydrogen) atoms. The van der Waals surface area contributed by atoms with E-state index in [1.54, 1.807) is 11.8 Å². The highest BCUT2D eigenvalue weighted by molar-refractivity contribution is 7.99. The molecule has 0 aromatic carbocycles. The third kappa shape index (κ3) is 3.20. The molecule has 6 heteroatoms. The minimum absolute atomic E-state index is 0. The Bertz CT molecular complexity index is 322. The Morgan fingerprint density at radius 1 is 1.53 bits per heavy atom. The van der Waals surface area contributed by atoms with Gasteiger partial charge in [-0.1, -0.05) is 13.8 Å². The second-order valence-electron chi connectivity index (χ2n) is 5.74. The molecule has 0 bridgehead atoms. The van der Waals surface area contributed by atoms with Crippen molar-refractivity contribution in [2.75, 3.05) is 25.3 Å². The number of hydrogen-bond donors (Lipinski definition) is 1. The Morgan fingerprint density at radius 2 is 2.21 bits per heavy atom. The van der Waals surface area contributed by atoms with Gasteiger partial charge < -0.3 is 9.64 Å². The van der Waals surface area contributed by atoms with Gasteiger partial charge in [-0.3, -0.25) is 10.1 Å². The maximum Gasteiger partial charge on any atom is 0.240 e. The van der Waals surface area contributed by atoms with Crippen LogP contribution in [-0.4, -0.2) is 54.3 Å². The molecule has 3 atom stereocenters.